The molecule has 1 aliphatic heterocycles. The Morgan fingerprint density at radius 1 is 1.09 bits per heavy atom. The Kier molecular flexibility index (Phi) is 4.92. The van der Waals surface area contributed by atoms with E-state index in [-0.39, 0.29) is 5.57 Å². The Morgan fingerprint density at radius 3 is 2.56 bits per heavy atom. The fraction of sp³-hybridized carbons (Fsp3) is 0.0800. The number of carbonyl (C=O) groups is 1. The molecule has 5 rings (SSSR count). The number of carbonyl (C=O) groups excluding carboxylic acids is 1. The number of amides is 1. The smallest absolute Gasteiger partial charge is 0.266 e. The number of hydrogen-bond acceptors (Lipinski definition) is 6. The van der Waals surface area contributed by atoms with Gasteiger partial charge in [-0.2, -0.15) is 5.26 Å². The standard InChI is InChI=1S/C25H18N4O2S/c1-15-7-10-18(11-8-15)29-23(27-24(30)20(14-26)25(29)32)17-9-12-21-19(13-17)22(31-28-21)16-5-3-2-4-6-16/h2-13,23,32H,1H3,(H,27,30). The van der Waals surface area contributed by atoms with Crippen molar-refractivity contribution in [1.82, 2.24) is 10.5 Å². The molecule has 7 heteroatoms. The average Bonchev–Trinajstić information content (AvgIpc) is 3.24. The highest BCUT2D eigenvalue weighted by molar-refractivity contribution is 7.84. The van der Waals surface area contributed by atoms with Crippen LogP contribution in [0.15, 0.2) is 87.9 Å². The summed E-state index contributed by atoms with van der Waals surface area (Å²) in [6, 6.07) is 25.3. The topological polar surface area (TPSA) is 82.2 Å². The quantitative estimate of drug-likeness (QED) is 0.435. The molecular weight excluding hydrogens is 420 g/mol. The molecule has 0 saturated carbocycles. The molecule has 0 radical (unpaired) electrons. The molecule has 1 atom stereocenters. The van der Waals surface area contributed by atoms with E-state index < -0.39 is 12.1 Å². The zero-order chi connectivity index (χ0) is 22.2. The second-order valence-corrected chi connectivity index (χ2v) is 7.97. The van der Waals surface area contributed by atoms with Crippen LogP contribution in [-0.4, -0.2) is 11.1 Å². The van der Waals surface area contributed by atoms with E-state index >= 15 is 0 Å². The minimum absolute atomic E-state index is 0.0267. The fourth-order valence-electron chi connectivity index (χ4n) is 3.84. The second-order valence-electron chi connectivity index (χ2n) is 7.55. The molecule has 2 heterocycles. The van der Waals surface area contributed by atoms with Crippen LogP contribution in [-0.2, 0) is 4.79 Å². The van der Waals surface area contributed by atoms with Crippen LogP contribution < -0.4 is 10.2 Å². The van der Waals surface area contributed by atoms with Crippen molar-refractivity contribution >= 4 is 35.1 Å². The van der Waals surface area contributed by atoms with Gasteiger partial charge >= 0.3 is 0 Å². The Hall–Kier alpha value is -4.02. The largest absolute Gasteiger partial charge is 0.355 e. The van der Waals surface area contributed by atoms with Gasteiger partial charge in [0.15, 0.2) is 5.76 Å². The van der Waals surface area contributed by atoms with E-state index in [2.05, 4.69) is 23.1 Å². The molecule has 0 bridgehead atoms. The number of fused-ring (bicyclic) bond motifs is 1. The van der Waals surface area contributed by atoms with Crippen molar-refractivity contribution in [3.63, 3.8) is 0 Å². The van der Waals surface area contributed by atoms with Crippen LogP contribution in [0.3, 0.4) is 0 Å². The number of nitrogens with zero attached hydrogens (tertiary/aromatic N) is 3. The Morgan fingerprint density at radius 2 is 1.84 bits per heavy atom. The first kappa shape index (κ1) is 19.9. The first-order valence-corrected chi connectivity index (χ1v) is 10.5. The second kappa shape index (κ2) is 7.91. The van der Waals surface area contributed by atoms with Crippen LogP contribution in [0, 0.1) is 18.3 Å². The van der Waals surface area contributed by atoms with Crippen molar-refractivity contribution < 1.29 is 9.32 Å². The van der Waals surface area contributed by atoms with Gasteiger partial charge in [0.25, 0.3) is 5.91 Å². The molecule has 4 aromatic rings. The summed E-state index contributed by atoms with van der Waals surface area (Å²) in [6.45, 7) is 2.00. The number of thiol groups is 1. The van der Waals surface area contributed by atoms with Crippen LogP contribution in [0.1, 0.15) is 17.3 Å². The van der Waals surface area contributed by atoms with E-state index in [0.29, 0.717) is 10.8 Å². The van der Waals surface area contributed by atoms with Gasteiger partial charge in [-0.05, 0) is 36.8 Å². The van der Waals surface area contributed by atoms with Gasteiger partial charge in [0.05, 0.1) is 10.4 Å². The predicted molar refractivity (Wildman–Crippen MR) is 126 cm³/mol. The number of hydrogen-bond donors (Lipinski definition) is 2. The predicted octanol–water partition coefficient (Wildman–Crippen LogP) is 5.10. The molecule has 1 amide bonds. The fourth-order valence-corrected chi connectivity index (χ4v) is 4.22. The number of rotatable bonds is 3. The molecule has 3 aromatic carbocycles. The summed E-state index contributed by atoms with van der Waals surface area (Å²) in [6.07, 6.45) is -0.558. The van der Waals surface area contributed by atoms with Gasteiger partial charge in [-0.15, -0.1) is 12.6 Å². The molecule has 32 heavy (non-hydrogen) atoms. The molecule has 1 aromatic heterocycles. The van der Waals surface area contributed by atoms with Gasteiger partial charge in [-0.3, -0.25) is 4.79 Å². The number of nitrogens with one attached hydrogen (secondary N) is 1. The number of benzene rings is 3. The van der Waals surface area contributed by atoms with Gasteiger partial charge < -0.3 is 14.7 Å². The van der Waals surface area contributed by atoms with Crippen LogP contribution in [0.2, 0.25) is 0 Å². The zero-order valence-corrected chi connectivity index (χ0v) is 18.0. The maximum absolute atomic E-state index is 12.7. The first-order valence-electron chi connectivity index (χ1n) is 10.0. The minimum atomic E-state index is -0.558. The molecular formula is C25H18N4O2S. The summed E-state index contributed by atoms with van der Waals surface area (Å²) >= 11 is 4.57. The number of aryl methyl sites for hydroxylation is 1. The SMILES string of the molecule is Cc1ccc(N2C(S)=C(C#N)C(=O)NC2c2ccc3noc(-c4ccccc4)c3c2)cc1. The molecule has 1 N–H and O–H groups in total. The third-order valence-electron chi connectivity index (χ3n) is 5.48. The summed E-state index contributed by atoms with van der Waals surface area (Å²) in [5, 5.41) is 17.8. The summed E-state index contributed by atoms with van der Waals surface area (Å²) in [4.78, 5) is 14.5. The zero-order valence-electron chi connectivity index (χ0n) is 17.1. The number of aromatic nitrogens is 1. The molecule has 1 aliphatic rings. The van der Waals surface area contributed by atoms with E-state index in [9.17, 15) is 10.1 Å². The van der Waals surface area contributed by atoms with Crippen LogP contribution in [0.5, 0.6) is 0 Å². The van der Waals surface area contributed by atoms with Gasteiger partial charge in [0.2, 0.25) is 0 Å². The van der Waals surface area contributed by atoms with Gasteiger partial charge in [-0.1, -0.05) is 59.3 Å². The third kappa shape index (κ3) is 3.31. The minimum Gasteiger partial charge on any atom is -0.355 e. The lowest BCUT2D eigenvalue weighted by atomic mass is 10.0. The normalized spacial score (nSPS) is 16.2. The van der Waals surface area contributed by atoms with Crippen molar-refractivity contribution in [2.24, 2.45) is 0 Å². The van der Waals surface area contributed by atoms with E-state index in [4.69, 9.17) is 4.52 Å². The van der Waals surface area contributed by atoms with Crippen LogP contribution in [0.25, 0.3) is 22.2 Å². The van der Waals surface area contributed by atoms with Crippen molar-refractivity contribution in [2.45, 2.75) is 13.1 Å². The lowest BCUT2D eigenvalue weighted by Gasteiger charge is -2.38. The Bertz CT molecular complexity index is 1400. The van der Waals surface area contributed by atoms with Crippen molar-refractivity contribution in [3.05, 3.63) is 94.5 Å². The summed E-state index contributed by atoms with van der Waals surface area (Å²) in [7, 11) is 0. The highest BCUT2D eigenvalue weighted by atomic mass is 32.1. The number of nitriles is 1. The summed E-state index contributed by atoms with van der Waals surface area (Å²) < 4.78 is 5.63. The van der Waals surface area contributed by atoms with Crippen molar-refractivity contribution in [2.75, 3.05) is 4.90 Å². The highest BCUT2D eigenvalue weighted by Crippen LogP contribution is 2.38. The van der Waals surface area contributed by atoms with E-state index in [1.807, 2.05) is 90.7 Å². The lowest BCUT2D eigenvalue weighted by Crippen LogP contribution is -2.46. The summed E-state index contributed by atoms with van der Waals surface area (Å²) in [5.41, 5.74) is 4.34. The Balaban J connectivity index is 1.66. The van der Waals surface area contributed by atoms with Crippen LogP contribution in [0.4, 0.5) is 5.69 Å². The molecule has 0 fully saturated rings. The van der Waals surface area contributed by atoms with E-state index in [1.54, 1.807) is 0 Å². The molecule has 6 nitrogen and oxygen atoms in total. The molecule has 156 valence electrons. The van der Waals surface area contributed by atoms with Crippen molar-refractivity contribution in [3.8, 4) is 17.4 Å². The molecule has 0 aliphatic carbocycles. The van der Waals surface area contributed by atoms with Gasteiger partial charge in [0, 0.05) is 11.3 Å². The van der Waals surface area contributed by atoms with Crippen molar-refractivity contribution in [1.29, 1.82) is 5.26 Å². The van der Waals surface area contributed by atoms with Gasteiger partial charge in [-0.25, -0.2) is 0 Å². The summed E-state index contributed by atoms with van der Waals surface area (Å²) in [5.74, 6) is 0.199. The maximum Gasteiger partial charge on any atom is 0.266 e. The average molecular weight is 439 g/mol. The van der Waals surface area contributed by atoms with E-state index in [0.717, 1.165) is 33.3 Å². The lowest BCUT2D eigenvalue weighted by molar-refractivity contribution is -0.118. The Labute approximate surface area is 190 Å². The molecule has 0 spiro atoms. The van der Waals surface area contributed by atoms with E-state index in [1.165, 1.54) is 0 Å². The number of anilines is 1. The molecule has 1 unspecified atom stereocenters. The van der Waals surface area contributed by atoms with Crippen LogP contribution >= 0.6 is 12.6 Å². The highest BCUT2D eigenvalue weighted by Gasteiger charge is 2.34. The first-order chi connectivity index (χ1) is 15.6. The van der Waals surface area contributed by atoms with Gasteiger partial charge in [0.1, 0.15) is 23.3 Å². The monoisotopic (exact) mass is 438 g/mol. The third-order valence-corrected chi connectivity index (χ3v) is 5.92. The maximum atomic E-state index is 12.7. The molecule has 0 saturated heterocycles.